The summed E-state index contributed by atoms with van der Waals surface area (Å²) in [6, 6.07) is 5.52. The van der Waals surface area contributed by atoms with Crippen LogP contribution in [0.15, 0.2) is 18.2 Å². The Morgan fingerprint density at radius 3 is 2.55 bits per heavy atom. The Balaban J connectivity index is 2.51. The van der Waals surface area contributed by atoms with Crippen LogP contribution in [0, 0.1) is 0 Å². The van der Waals surface area contributed by atoms with E-state index in [0.717, 1.165) is 18.7 Å². The molecule has 20 heavy (non-hydrogen) atoms. The molecule has 1 aromatic rings. The fourth-order valence-corrected chi connectivity index (χ4v) is 2.20. The molecular formula is C16H25ClN2O. The number of unbranched alkanes of at least 4 members (excludes halogenated alkanes) is 4. The molecule has 1 rings (SSSR count). The van der Waals surface area contributed by atoms with Crippen LogP contribution in [0.3, 0.4) is 0 Å². The van der Waals surface area contributed by atoms with Gasteiger partial charge in [-0.3, -0.25) is 4.79 Å². The highest BCUT2D eigenvalue weighted by Gasteiger charge is 2.12. The van der Waals surface area contributed by atoms with E-state index in [1.54, 1.807) is 20.2 Å². The molecule has 0 aromatic heterocycles. The summed E-state index contributed by atoms with van der Waals surface area (Å²) in [5.74, 6) is -0.0680. The van der Waals surface area contributed by atoms with Crippen molar-refractivity contribution in [1.29, 1.82) is 0 Å². The second-order valence-electron chi connectivity index (χ2n) is 5.24. The van der Waals surface area contributed by atoms with Crippen LogP contribution in [0.5, 0.6) is 0 Å². The third-order valence-electron chi connectivity index (χ3n) is 3.21. The summed E-state index contributed by atoms with van der Waals surface area (Å²) in [5, 5.41) is 3.85. The molecular weight excluding hydrogens is 272 g/mol. The number of benzene rings is 1. The van der Waals surface area contributed by atoms with E-state index >= 15 is 0 Å². The zero-order valence-corrected chi connectivity index (χ0v) is 13.5. The van der Waals surface area contributed by atoms with Crippen molar-refractivity contribution in [2.75, 3.05) is 26.0 Å². The average Bonchev–Trinajstić information content (AvgIpc) is 2.43. The highest BCUT2D eigenvalue weighted by Crippen LogP contribution is 2.21. The van der Waals surface area contributed by atoms with Crippen LogP contribution in [-0.4, -0.2) is 31.4 Å². The molecule has 0 saturated carbocycles. The molecule has 0 aliphatic carbocycles. The molecule has 0 unspecified atom stereocenters. The number of carbonyl (C=O) groups is 1. The van der Waals surface area contributed by atoms with Crippen LogP contribution in [0.2, 0.25) is 5.02 Å². The first-order chi connectivity index (χ1) is 9.56. The van der Waals surface area contributed by atoms with Gasteiger partial charge in [0.1, 0.15) is 0 Å². The van der Waals surface area contributed by atoms with Gasteiger partial charge in [0.25, 0.3) is 5.91 Å². The van der Waals surface area contributed by atoms with Crippen molar-refractivity contribution in [2.45, 2.75) is 39.0 Å². The van der Waals surface area contributed by atoms with Gasteiger partial charge in [-0.2, -0.15) is 0 Å². The van der Waals surface area contributed by atoms with Gasteiger partial charge >= 0.3 is 0 Å². The maximum Gasteiger partial charge on any atom is 0.254 e. The summed E-state index contributed by atoms with van der Waals surface area (Å²) in [6.45, 7) is 3.15. The Hall–Kier alpha value is -1.22. The van der Waals surface area contributed by atoms with Crippen molar-refractivity contribution < 1.29 is 4.79 Å². The van der Waals surface area contributed by atoms with Crippen LogP contribution >= 0.6 is 11.6 Å². The van der Waals surface area contributed by atoms with Gasteiger partial charge in [0, 0.05) is 26.3 Å². The molecule has 3 nitrogen and oxygen atoms in total. The predicted octanol–water partition coefficient (Wildman–Crippen LogP) is 4.42. The van der Waals surface area contributed by atoms with E-state index in [-0.39, 0.29) is 5.91 Å². The SMILES string of the molecule is CCCCCCCNc1ccc(Cl)c(C(=O)N(C)C)c1. The van der Waals surface area contributed by atoms with Crippen LogP contribution < -0.4 is 5.32 Å². The largest absolute Gasteiger partial charge is 0.385 e. The van der Waals surface area contributed by atoms with E-state index in [0.29, 0.717) is 10.6 Å². The molecule has 0 saturated heterocycles. The smallest absolute Gasteiger partial charge is 0.254 e. The highest BCUT2D eigenvalue weighted by atomic mass is 35.5. The topological polar surface area (TPSA) is 32.3 Å². The molecule has 0 spiro atoms. The molecule has 1 amide bonds. The fraction of sp³-hybridized carbons (Fsp3) is 0.562. The summed E-state index contributed by atoms with van der Waals surface area (Å²) in [7, 11) is 3.46. The van der Waals surface area contributed by atoms with Gasteiger partial charge in [-0.25, -0.2) is 0 Å². The Bertz CT molecular complexity index is 432. The van der Waals surface area contributed by atoms with Gasteiger partial charge in [0.05, 0.1) is 10.6 Å². The Labute approximate surface area is 127 Å². The van der Waals surface area contributed by atoms with Crippen molar-refractivity contribution in [1.82, 2.24) is 4.90 Å². The lowest BCUT2D eigenvalue weighted by atomic mass is 10.1. The van der Waals surface area contributed by atoms with Gasteiger partial charge in [-0.1, -0.05) is 44.2 Å². The number of nitrogens with zero attached hydrogens (tertiary/aromatic N) is 1. The van der Waals surface area contributed by atoms with Crippen LogP contribution in [0.25, 0.3) is 0 Å². The number of nitrogens with one attached hydrogen (secondary N) is 1. The van der Waals surface area contributed by atoms with Crippen LogP contribution in [-0.2, 0) is 0 Å². The Morgan fingerprint density at radius 2 is 1.90 bits per heavy atom. The van der Waals surface area contributed by atoms with Crippen molar-refractivity contribution in [3.63, 3.8) is 0 Å². The predicted molar refractivity (Wildman–Crippen MR) is 86.7 cm³/mol. The van der Waals surface area contributed by atoms with Crippen molar-refractivity contribution in [3.05, 3.63) is 28.8 Å². The summed E-state index contributed by atoms with van der Waals surface area (Å²) in [6.07, 6.45) is 6.27. The summed E-state index contributed by atoms with van der Waals surface area (Å²) in [4.78, 5) is 13.5. The second kappa shape index (κ2) is 8.85. The molecule has 0 aliphatic rings. The summed E-state index contributed by atoms with van der Waals surface area (Å²) < 4.78 is 0. The quantitative estimate of drug-likeness (QED) is 0.720. The lowest BCUT2D eigenvalue weighted by Gasteiger charge is -2.13. The maximum absolute atomic E-state index is 12.0. The minimum atomic E-state index is -0.0680. The van der Waals surface area contributed by atoms with Crippen molar-refractivity contribution >= 4 is 23.2 Å². The van der Waals surface area contributed by atoms with Crippen LogP contribution in [0.4, 0.5) is 5.69 Å². The zero-order valence-electron chi connectivity index (χ0n) is 12.7. The van der Waals surface area contributed by atoms with E-state index in [4.69, 9.17) is 11.6 Å². The average molecular weight is 297 g/mol. The standard InChI is InChI=1S/C16H25ClN2O/c1-4-5-6-7-8-11-18-13-9-10-15(17)14(12-13)16(20)19(2)3/h9-10,12,18H,4-8,11H2,1-3H3. The number of amides is 1. The maximum atomic E-state index is 12.0. The first kappa shape index (κ1) is 16.8. The number of carbonyl (C=O) groups excluding carboxylic acids is 1. The molecule has 0 bridgehead atoms. The monoisotopic (exact) mass is 296 g/mol. The zero-order chi connectivity index (χ0) is 15.0. The highest BCUT2D eigenvalue weighted by molar-refractivity contribution is 6.34. The fourth-order valence-electron chi connectivity index (χ4n) is 2.00. The lowest BCUT2D eigenvalue weighted by molar-refractivity contribution is 0.0828. The minimum absolute atomic E-state index is 0.0680. The third-order valence-corrected chi connectivity index (χ3v) is 3.54. The molecule has 0 fully saturated rings. The molecule has 0 aliphatic heterocycles. The number of hydrogen-bond acceptors (Lipinski definition) is 2. The third kappa shape index (κ3) is 5.41. The molecule has 0 atom stereocenters. The van der Waals surface area contributed by atoms with E-state index in [1.807, 2.05) is 12.1 Å². The van der Waals surface area contributed by atoms with Crippen LogP contribution in [0.1, 0.15) is 49.4 Å². The lowest BCUT2D eigenvalue weighted by Crippen LogP contribution is -2.22. The number of halogens is 1. The van der Waals surface area contributed by atoms with Crippen molar-refractivity contribution in [3.8, 4) is 0 Å². The molecule has 112 valence electrons. The Kier molecular flexibility index (Phi) is 7.45. The summed E-state index contributed by atoms with van der Waals surface area (Å²) >= 11 is 6.08. The van der Waals surface area contributed by atoms with E-state index in [1.165, 1.54) is 30.6 Å². The van der Waals surface area contributed by atoms with Gasteiger partial charge in [0.15, 0.2) is 0 Å². The first-order valence-electron chi connectivity index (χ1n) is 7.31. The summed E-state index contributed by atoms with van der Waals surface area (Å²) in [5.41, 5.74) is 1.50. The molecule has 4 heteroatoms. The Morgan fingerprint density at radius 1 is 1.20 bits per heavy atom. The normalized spacial score (nSPS) is 10.4. The molecule has 1 aromatic carbocycles. The van der Waals surface area contributed by atoms with Gasteiger partial charge in [-0.15, -0.1) is 0 Å². The minimum Gasteiger partial charge on any atom is -0.385 e. The van der Waals surface area contributed by atoms with Crippen molar-refractivity contribution in [2.24, 2.45) is 0 Å². The number of rotatable bonds is 8. The molecule has 1 N–H and O–H groups in total. The van der Waals surface area contributed by atoms with E-state index < -0.39 is 0 Å². The van der Waals surface area contributed by atoms with Gasteiger partial charge in [0.2, 0.25) is 0 Å². The first-order valence-corrected chi connectivity index (χ1v) is 7.69. The van der Waals surface area contributed by atoms with Gasteiger partial charge in [-0.05, 0) is 24.6 Å². The van der Waals surface area contributed by atoms with Gasteiger partial charge < -0.3 is 10.2 Å². The number of anilines is 1. The number of hydrogen-bond donors (Lipinski definition) is 1. The van der Waals surface area contributed by atoms with E-state index in [9.17, 15) is 4.79 Å². The molecule has 0 heterocycles. The van der Waals surface area contributed by atoms with E-state index in [2.05, 4.69) is 12.2 Å². The second-order valence-corrected chi connectivity index (χ2v) is 5.64. The molecule has 0 radical (unpaired) electrons.